The van der Waals surface area contributed by atoms with Gasteiger partial charge < -0.3 is 14.2 Å². The lowest BCUT2D eigenvalue weighted by molar-refractivity contribution is -0.137. The number of ether oxygens (including phenoxy) is 3. The first kappa shape index (κ1) is 14.1. The van der Waals surface area contributed by atoms with Crippen LogP contribution in [0.15, 0.2) is 11.6 Å². The van der Waals surface area contributed by atoms with Gasteiger partial charge in [-0.15, -0.1) is 0 Å². The third-order valence-corrected chi connectivity index (χ3v) is 1.95. The number of hydrogen-bond donors (Lipinski definition) is 0. The number of carbonyl (C=O) groups excluding carboxylic acids is 1. The lowest BCUT2D eigenvalue weighted by Gasteiger charge is -2.12. The minimum atomic E-state index is -0.290. The van der Waals surface area contributed by atoms with Crippen molar-refractivity contribution in [3.8, 4) is 0 Å². The monoisotopic (exact) mass is 216 g/mol. The van der Waals surface area contributed by atoms with Crippen molar-refractivity contribution in [3.05, 3.63) is 11.6 Å². The topological polar surface area (TPSA) is 44.8 Å². The van der Waals surface area contributed by atoms with Crippen LogP contribution in [-0.2, 0) is 19.0 Å². The van der Waals surface area contributed by atoms with E-state index in [9.17, 15) is 4.79 Å². The fraction of sp³-hybridized carbons (Fsp3) is 0.727. The van der Waals surface area contributed by atoms with Gasteiger partial charge in [-0.3, -0.25) is 0 Å². The van der Waals surface area contributed by atoms with E-state index >= 15 is 0 Å². The van der Waals surface area contributed by atoms with Gasteiger partial charge in [-0.25, -0.2) is 4.79 Å². The molecule has 0 spiro atoms. The Bertz CT molecular complexity index is 207. The van der Waals surface area contributed by atoms with E-state index in [-0.39, 0.29) is 12.3 Å². The van der Waals surface area contributed by atoms with E-state index in [1.807, 2.05) is 6.92 Å². The maximum atomic E-state index is 11.1. The van der Waals surface area contributed by atoms with E-state index < -0.39 is 0 Å². The van der Waals surface area contributed by atoms with Crippen LogP contribution < -0.4 is 0 Å². The summed E-state index contributed by atoms with van der Waals surface area (Å²) < 4.78 is 14.9. The maximum Gasteiger partial charge on any atom is 0.330 e. The van der Waals surface area contributed by atoms with Gasteiger partial charge in [-0.2, -0.15) is 0 Å². The number of esters is 1. The third-order valence-electron chi connectivity index (χ3n) is 1.95. The highest BCUT2D eigenvalue weighted by molar-refractivity contribution is 5.82. The average Bonchev–Trinajstić information content (AvgIpc) is 2.19. The first-order valence-corrected chi connectivity index (χ1v) is 5.03. The third kappa shape index (κ3) is 7.11. The van der Waals surface area contributed by atoms with Crippen molar-refractivity contribution in [2.75, 3.05) is 20.8 Å². The molecule has 0 amide bonds. The predicted molar refractivity (Wildman–Crippen MR) is 57.4 cm³/mol. The van der Waals surface area contributed by atoms with E-state index in [0.29, 0.717) is 6.61 Å². The molecule has 15 heavy (non-hydrogen) atoms. The van der Waals surface area contributed by atoms with Gasteiger partial charge in [-0.05, 0) is 20.3 Å². The molecule has 0 rings (SSSR count). The van der Waals surface area contributed by atoms with E-state index in [0.717, 1.165) is 18.4 Å². The maximum absolute atomic E-state index is 11.1. The number of carbonyl (C=O) groups is 1. The highest BCUT2D eigenvalue weighted by Gasteiger charge is 2.05. The highest BCUT2D eigenvalue weighted by atomic mass is 16.7. The second kappa shape index (κ2) is 8.44. The number of methoxy groups -OCH3 is 2. The predicted octanol–water partition coefficient (Wildman–Crippen LogP) is 1.89. The molecule has 0 atom stereocenters. The second-order valence-corrected chi connectivity index (χ2v) is 3.18. The molecule has 0 N–H and O–H groups in total. The summed E-state index contributed by atoms with van der Waals surface area (Å²) in [5, 5.41) is 0. The Morgan fingerprint density at radius 2 is 1.93 bits per heavy atom. The second-order valence-electron chi connectivity index (χ2n) is 3.18. The van der Waals surface area contributed by atoms with Gasteiger partial charge in [0.25, 0.3) is 0 Å². The molecule has 0 radical (unpaired) electrons. The molecule has 0 aliphatic rings. The number of allylic oxidation sites excluding steroid dienone is 1. The number of rotatable bonds is 7. The van der Waals surface area contributed by atoms with Gasteiger partial charge in [-0.1, -0.05) is 5.57 Å². The number of hydrogen-bond acceptors (Lipinski definition) is 4. The Hall–Kier alpha value is -0.870. The highest BCUT2D eigenvalue weighted by Crippen LogP contribution is 2.09. The van der Waals surface area contributed by atoms with Gasteiger partial charge in [0.05, 0.1) is 6.61 Å². The lowest BCUT2D eigenvalue weighted by Crippen LogP contribution is -2.12. The summed E-state index contributed by atoms with van der Waals surface area (Å²) in [6.07, 6.45) is 2.78. The fourth-order valence-corrected chi connectivity index (χ4v) is 1.13. The van der Waals surface area contributed by atoms with Crippen LogP contribution in [0.25, 0.3) is 0 Å². The summed E-state index contributed by atoms with van der Waals surface area (Å²) in [6, 6.07) is 0. The summed E-state index contributed by atoms with van der Waals surface area (Å²) >= 11 is 0. The summed E-state index contributed by atoms with van der Waals surface area (Å²) in [5.74, 6) is -0.290. The van der Waals surface area contributed by atoms with E-state index in [1.54, 1.807) is 21.1 Å². The van der Waals surface area contributed by atoms with Crippen molar-refractivity contribution < 1.29 is 19.0 Å². The molecule has 0 aromatic rings. The molecule has 0 unspecified atom stereocenters. The zero-order valence-corrected chi connectivity index (χ0v) is 9.91. The van der Waals surface area contributed by atoms with Crippen LogP contribution in [0.1, 0.15) is 26.7 Å². The molecule has 0 aliphatic heterocycles. The molecule has 0 fully saturated rings. The molecule has 0 aromatic carbocycles. The fourth-order valence-electron chi connectivity index (χ4n) is 1.13. The van der Waals surface area contributed by atoms with Gasteiger partial charge in [0.2, 0.25) is 0 Å². The van der Waals surface area contributed by atoms with Crippen molar-refractivity contribution in [2.45, 2.75) is 33.0 Å². The van der Waals surface area contributed by atoms with E-state index in [1.165, 1.54) is 6.08 Å². The summed E-state index contributed by atoms with van der Waals surface area (Å²) in [6.45, 7) is 4.08. The Balaban J connectivity index is 3.90. The minimum absolute atomic E-state index is 0.212. The van der Waals surface area contributed by atoms with E-state index in [4.69, 9.17) is 14.2 Å². The first-order valence-electron chi connectivity index (χ1n) is 5.03. The van der Waals surface area contributed by atoms with Crippen molar-refractivity contribution in [1.29, 1.82) is 0 Å². The van der Waals surface area contributed by atoms with Crippen molar-refractivity contribution >= 4 is 5.97 Å². The van der Waals surface area contributed by atoms with Gasteiger partial charge in [0.1, 0.15) is 0 Å². The zero-order valence-electron chi connectivity index (χ0n) is 9.91. The van der Waals surface area contributed by atoms with E-state index in [2.05, 4.69) is 0 Å². The average molecular weight is 216 g/mol. The molecule has 0 heterocycles. The van der Waals surface area contributed by atoms with Crippen LogP contribution in [0.5, 0.6) is 0 Å². The van der Waals surface area contributed by atoms with Crippen LogP contribution in [0, 0.1) is 0 Å². The Kier molecular flexibility index (Phi) is 7.95. The largest absolute Gasteiger partial charge is 0.463 e. The minimum Gasteiger partial charge on any atom is -0.463 e. The smallest absolute Gasteiger partial charge is 0.330 e. The molecule has 0 aromatic heterocycles. The lowest BCUT2D eigenvalue weighted by atomic mass is 10.1. The van der Waals surface area contributed by atoms with Crippen molar-refractivity contribution in [1.82, 2.24) is 0 Å². The zero-order chi connectivity index (χ0) is 11.7. The molecule has 0 saturated heterocycles. The SMILES string of the molecule is CCOC(=O)/C=C(/C)CCC(OC)OC. The van der Waals surface area contributed by atoms with Crippen LogP contribution in [-0.4, -0.2) is 33.1 Å². The Morgan fingerprint density at radius 1 is 1.33 bits per heavy atom. The van der Waals surface area contributed by atoms with Crippen molar-refractivity contribution in [2.24, 2.45) is 0 Å². The Morgan fingerprint density at radius 3 is 2.40 bits per heavy atom. The molecule has 4 nitrogen and oxygen atoms in total. The standard InChI is InChI=1S/C11H20O4/c1-5-15-10(12)8-9(2)6-7-11(13-3)14-4/h8,11H,5-7H2,1-4H3/b9-8-. The van der Waals surface area contributed by atoms with Gasteiger partial charge in [0, 0.05) is 26.7 Å². The van der Waals surface area contributed by atoms with Crippen LogP contribution in [0.2, 0.25) is 0 Å². The van der Waals surface area contributed by atoms with Crippen molar-refractivity contribution in [3.63, 3.8) is 0 Å². The first-order chi connectivity index (χ1) is 7.13. The summed E-state index contributed by atoms with van der Waals surface area (Å²) in [7, 11) is 3.19. The molecule has 4 heteroatoms. The quantitative estimate of drug-likeness (QED) is 0.370. The molecule has 88 valence electrons. The molecule has 0 saturated carbocycles. The van der Waals surface area contributed by atoms with Crippen LogP contribution >= 0.6 is 0 Å². The summed E-state index contributed by atoms with van der Waals surface area (Å²) in [4.78, 5) is 11.1. The van der Waals surface area contributed by atoms with Crippen LogP contribution in [0.3, 0.4) is 0 Å². The molecule has 0 aliphatic carbocycles. The van der Waals surface area contributed by atoms with Gasteiger partial charge >= 0.3 is 5.97 Å². The van der Waals surface area contributed by atoms with Gasteiger partial charge in [0.15, 0.2) is 6.29 Å². The summed E-state index contributed by atoms with van der Waals surface area (Å²) in [5.41, 5.74) is 0.965. The normalized spacial score (nSPS) is 11.9. The molecular weight excluding hydrogens is 196 g/mol. The Labute approximate surface area is 91.2 Å². The van der Waals surface area contributed by atoms with Crippen LogP contribution in [0.4, 0.5) is 0 Å². The molecular formula is C11H20O4. The molecule has 0 bridgehead atoms.